The molecule has 0 radical (unpaired) electrons. The van der Waals surface area contributed by atoms with Crippen LogP contribution in [-0.4, -0.2) is 0 Å². The zero-order chi connectivity index (χ0) is 14.1. The zero-order valence-corrected chi connectivity index (χ0v) is 12.7. The summed E-state index contributed by atoms with van der Waals surface area (Å²) in [7, 11) is 0. The largest absolute Gasteiger partial charge is 0.0770 e. The first-order chi connectivity index (χ1) is 10.4. The molecule has 1 atom stereocenters. The Kier molecular flexibility index (Phi) is 3.33. The molecular formula is C21H24. The quantitative estimate of drug-likeness (QED) is 0.592. The van der Waals surface area contributed by atoms with Gasteiger partial charge in [0, 0.05) is 11.8 Å². The first-order valence-corrected chi connectivity index (χ1v) is 8.52. The normalized spacial score (nSPS) is 27.0. The monoisotopic (exact) mass is 276 g/mol. The van der Waals surface area contributed by atoms with Crippen LogP contribution < -0.4 is 0 Å². The molecular weight excluding hydrogens is 252 g/mol. The first kappa shape index (κ1) is 13.1. The Morgan fingerprint density at radius 1 is 0.810 bits per heavy atom. The minimum atomic E-state index is 0.406. The summed E-state index contributed by atoms with van der Waals surface area (Å²) in [6.45, 7) is 0. The maximum atomic E-state index is 2.50. The summed E-state index contributed by atoms with van der Waals surface area (Å²) < 4.78 is 0. The van der Waals surface area contributed by atoms with Crippen molar-refractivity contribution in [2.24, 2.45) is 11.3 Å². The summed E-state index contributed by atoms with van der Waals surface area (Å²) in [5.74, 6) is 1.22. The minimum absolute atomic E-state index is 0.406. The smallest absolute Gasteiger partial charge is 0.00923 e. The highest BCUT2D eigenvalue weighted by atomic mass is 14.5. The second kappa shape index (κ2) is 5.33. The molecule has 1 aromatic carbocycles. The molecule has 108 valence electrons. The summed E-state index contributed by atoms with van der Waals surface area (Å²) in [5.41, 5.74) is 3.41. The summed E-state index contributed by atoms with van der Waals surface area (Å²) in [5, 5.41) is 0. The van der Waals surface area contributed by atoms with Gasteiger partial charge >= 0.3 is 0 Å². The SMILES string of the molecule is C1=CC(C2(C3C=Cc4ccccc43)CCCCCC2)C=C1. The van der Waals surface area contributed by atoms with Gasteiger partial charge in [-0.05, 0) is 29.4 Å². The predicted octanol–water partition coefficient (Wildman–Crippen LogP) is 5.88. The van der Waals surface area contributed by atoms with Gasteiger partial charge in [-0.1, -0.05) is 86.4 Å². The molecule has 0 spiro atoms. The molecule has 0 saturated heterocycles. The molecule has 0 heteroatoms. The summed E-state index contributed by atoms with van der Waals surface area (Å²) >= 11 is 0. The average molecular weight is 276 g/mol. The van der Waals surface area contributed by atoms with E-state index < -0.39 is 0 Å². The van der Waals surface area contributed by atoms with Crippen LogP contribution in [0.5, 0.6) is 0 Å². The number of fused-ring (bicyclic) bond motifs is 1. The highest BCUT2D eigenvalue weighted by Crippen LogP contribution is 2.56. The van der Waals surface area contributed by atoms with Crippen LogP contribution in [0.4, 0.5) is 0 Å². The van der Waals surface area contributed by atoms with Crippen molar-refractivity contribution in [3.8, 4) is 0 Å². The van der Waals surface area contributed by atoms with Gasteiger partial charge in [-0.2, -0.15) is 0 Å². The van der Waals surface area contributed by atoms with E-state index in [2.05, 4.69) is 60.7 Å². The molecule has 0 aliphatic heterocycles. The molecule has 0 bridgehead atoms. The van der Waals surface area contributed by atoms with Gasteiger partial charge in [-0.3, -0.25) is 0 Å². The number of allylic oxidation sites excluding steroid dienone is 5. The lowest BCUT2D eigenvalue weighted by molar-refractivity contribution is 0.172. The Hall–Kier alpha value is -1.56. The number of benzene rings is 1. The molecule has 4 rings (SSSR count). The fourth-order valence-corrected chi connectivity index (χ4v) is 4.80. The molecule has 1 unspecified atom stereocenters. The van der Waals surface area contributed by atoms with E-state index in [1.807, 2.05) is 0 Å². The fraction of sp³-hybridized carbons (Fsp3) is 0.429. The van der Waals surface area contributed by atoms with E-state index >= 15 is 0 Å². The van der Waals surface area contributed by atoms with Gasteiger partial charge in [0.1, 0.15) is 0 Å². The molecule has 3 aliphatic carbocycles. The van der Waals surface area contributed by atoms with Gasteiger partial charge < -0.3 is 0 Å². The van der Waals surface area contributed by atoms with E-state index in [-0.39, 0.29) is 0 Å². The Morgan fingerprint density at radius 3 is 2.29 bits per heavy atom. The second-order valence-corrected chi connectivity index (χ2v) is 6.91. The molecule has 1 saturated carbocycles. The van der Waals surface area contributed by atoms with Crippen LogP contribution in [0.15, 0.2) is 54.6 Å². The van der Waals surface area contributed by atoms with Gasteiger partial charge in [-0.25, -0.2) is 0 Å². The fourth-order valence-electron chi connectivity index (χ4n) is 4.80. The highest BCUT2D eigenvalue weighted by Gasteiger charge is 2.44. The Bertz CT molecular complexity index is 582. The third kappa shape index (κ3) is 2.12. The number of rotatable bonds is 2. The first-order valence-electron chi connectivity index (χ1n) is 8.52. The van der Waals surface area contributed by atoms with Crippen molar-refractivity contribution in [2.75, 3.05) is 0 Å². The average Bonchev–Trinajstić information content (AvgIpc) is 3.14. The third-order valence-electron chi connectivity index (χ3n) is 5.87. The summed E-state index contributed by atoms with van der Waals surface area (Å²) in [4.78, 5) is 0. The van der Waals surface area contributed by atoms with Crippen molar-refractivity contribution in [3.63, 3.8) is 0 Å². The lowest BCUT2D eigenvalue weighted by Gasteiger charge is -2.42. The van der Waals surface area contributed by atoms with Crippen LogP contribution in [0.3, 0.4) is 0 Å². The van der Waals surface area contributed by atoms with Crippen LogP contribution in [-0.2, 0) is 0 Å². The lowest BCUT2D eigenvalue weighted by atomic mass is 9.61. The van der Waals surface area contributed by atoms with Crippen LogP contribution in [0, 0.1) is 11.3 Å². The van der Waals surface area contributed by atoms with E-state index in [9.17, 15) is 0 Å². The van der Waals surface area contributed by atoms with Gasteiger partial charge in [-0.15, -0.1) is 0 Å². The Balaban J connectivity index is 1.78. The van der Waals surface area contributed by atoms with E-state index in [1.165, 1.54) is 44.1 Å². The molecule has 0 N–H and O–H groups in total. The lowest BCUT2D eigenvalue weighted by Crippen LogP contribution is -2.33. The molecule has 1 fully saturated rings. The molecule has 3 aliphatic rings. The predicted molar refractivity (Wildman–Crippen MR) is 90.1 cm³/mol. The molecule has 21 heavy (non-hydrogen) atoms. The number of hydrogen-bond acceptors (Lipinski definition) is 0. The van der Waals surface area contributed by atoms with Gasteiger partial charge in [0.25, 0.3) is 0 Å². The van der Waals surface area contributed by atoms with Crippen LogP contribution >= 0.6 is 0 Å². The molecule has 0 aromatic heterocycles. The van der Waals surface area contributed by atoms with E-state index in [1.54, 1.807) is 5.56 Å². The van der Waals surface area contributed by atoms with Crippen LogP contribution in [0.1, 0.15) is 55.6 Å². The van der Waals surface area contributed by atoms with Gasteiger partial charge in [0.05, 0.1) is 0 Å². The van der Waals surface area contributed by atoms with Crippen molar-refractivity contribution in [1.82, 2.24) is 0 Å². The standard InChI is InChI=1S/C21H24/c1-2-8-16-21(15-7-1,18-10-4-5-11-18)20-14-13-17-9-3-6-12-19(17)20/h3-6,9-14,18,20H,1-2,7-8,15-16H2. The summed E-state index contributed by atoms with van der Waals surface area (Å²) in [6, 6.07) is 9.01. The maximum absolute atomic E-state index is 2.50. The van der Waals surface area contributed by atoms with Crippen molar-refractivity contribution in [1.29, 1.82) is 0 Å². The van der Waals surface area contributed by atoms with E-state index in [4.69, 9.17) is 0 Å². The molecule has 0 nitrogen and oxygen atoms in total. The van der Waals surface area contributed by atoms with Crippen molar-refractivity contribution >= 4 is 6.08 Å². The molecule has 0 amide bonds. The number of hydrogen-bond donors (Lipinski definition) is 0. The van der Waals surface area contributed by atoms with Crippen molar-refractivity contribution in [2.45, 2.75) is 44.4 Å². The minimum Gasteiger partial charge on any atom is -0.0770 e. The second-order valence-electron chi connectivity index (χ2n) is 6.91. The maximum Gasteiger partial charge on any atom is 0.00923 e. The Morgan fingerprint density at radius 2 is 1.52 bits per heavy atom. The highest BCUT2D eigenvalue weighted by molar-refractivity contribution is 5.63. The molecule has 0 heterocycles. The summed E-state index contributed by atoms with van der Waals surface area (Å²) in [6.07, 6.45) is 22.6. The van der Waals surface area contributed by atoms with Gasteiger partial charge in [0.15, 0.2) is 0 Å². The zero-order valence-electron chi connectivity index (χ0n) is 12.7. The van der Waals surface area contributed by atoms with Crippen molar-refractivity contribution < 1.29 is 0 Å². The Labute approximate surface area is 128 Å². The topological polar surface area (TPSA) is 0 Å². The van der Waals surface area contributed by atoms with E-state index in [0.717, 1.165) is 0 Å². The van der Waals surface area contributed by atoms with E-state index in [0.29, 0.717) is 17.3 Å². The van der Waals surface area contributed by atoms with Crippen LogP contribution in [0.2, 0.25) is 0 Å². The van der Waals surface area contributed by atoms with Crippen LogP contribution in [0.25, 0.3) is 6.08 Å². The van der Waals surface area contributed by atoms with Crippen molar-refractivity contribution in [3.05, 3.63) is 65.8 Å². The van der Waals surface area contributed by atoms with Gasteiger partial charge in [0.2, 0.25) is 0 Å². The molecule has 1 aromatic rings. The third-order valence-corrected chi connectivity index (χ3v) is 5.87.